The number of pyridine rings is 1. The second-order valence-corrected chi connectivity index (χ2v) is 5.81. The van der Waals surface area contributed by atoms with Crippen LogP contribution < -0.4 is 5.32 Å². The highest BCUT2D eigenvalue weighted by molar-refractivity contribution is 6.41. The minimum atomic E-state index is -0.798. The van der Waals surface area contributed by atoms with Gasteiger partial charge in [0, 0.05) is 12.2 Å². The largest absolute Gasteiger partial charge is 0.481 e. The average Bonchev–Trinajstić information content (AvgIpc) is 2.41. The first-order valence-corrected chi connectivity index (χ1v) is 7.41. The number of halogens is 2. The van der Waals surface area contributed by atoms with Crippen molar-refractivity contribution in [2.24, 2.45) is 5.92 Å². The van der Waals surface area contributed by atoms with Crippen LogP contribution in [0.4, 0.5) is 0 Å². The maximum Gasteiger partial charge on any atom is 0.306 e. The molecule has 2 unspecified atom stereocenters. The number of aliphatic carboxylic acids is 1. The van der Waals surface area contributed by atoms with Gasteiger partial charge >= 0.3 is 5.97 Å². The Hall–Kier alpha value is -1.33. The highest BCUT2D eigenvalue weighted by Gasteiger charge is 2.14. The molecule has 0 saturated carbocycles. The topological polar surface area (TPSA) is 79.3 Å². The summed E-state index contributed by atoms with van der Waals surface area (Å²) in [6, 6.07) is 1.40. The van der Waals surface area contributed by atoms with E-state index < -0.39 is 5.97 Å². The van der Waals surface area contributed by atoms with E-state index in [1.54, 1.807) is 6.92 Å². The molecule has 1 heterocycles. The SMILES string of the molecule is CC(CCCC(C)C(=O)O)NC(=O)c1cnc(Cl)c(Cl)c1. The number of nitrogens with one attached hydrogen (secondary N) is 1. The van der Waals surface area contributed by atoms with Gasteiger partial charge in [0.25, 0.3) is 5.91 Å². The Labute approximate surface area is 133 Å². The molecule has 0 spiro atoms. The van der Waals surface area contributed by atoms with Crippen LogP contribution in [0.2, 0.25) is 10.2 Å². The van der Waals surface area contributed by atoms with E-state index in [0.29, 0.717) is 18.4 Å². The third-order valence-electron chi connectivity index (χ3n) is 3.13. The van der Waals surface area contributed by atoms with Gasteiger partial charge in [-0.05, 0) is 25.8 Å². The van der Waals surface area contributed by atoms with Crippen LogP contribution in [0.1, 0.15) is 43.5 Å². The quantitative estimate of drug-likeness (QED) is 0.750. The minimum absolute atomic E-state index is 0.0621. The molecular formula is C14H18Cl2N2O3. The molecular weight excluding hydrogens is 315 g/mol. The number of amides is 1. The van der Waals surface area contributed by atoms with E-state index in [0.717, 1.165) is 6.42 Å². The molecule has 0 bridgehead atoms. The third kappa shape index (κ3) is 5.89. The molecule has 0 fully saturated rings. The maximum absolute atomic E-state index is 12.0. The Morgan fingerprint density at radius 1 is 1.33 bits per heavy atom. The molecule has 1 aromatic heterocycles. The maximum atomic E-state index is 12.0. The molecule has 1 rings (SSSR count). The lowest BCUT2D eigenvalue weighted by Crippen LogP contribution is -2.32. The van der Waals surface area contributed by atoms with Crippen LogP contribution in [0.15, 0.2) is 12.3 Å². The van der Waals surface area contributed by atoms with Gasteiger partial charge in [-0.25, -0.2) is 4.98 Å². The summed E-state index contributed by atoms with van der Waals surface area (Å²) in [5.74, 6) is -1.44. The first-order chi connectivity index (χ1) is 9.81. The van der Waals surface area contributed by atoms with Crippen molar-refractivity contribution in [3.05, 3.63) is 28.0 Å². The molecule has 21 heavy (non-hydrogen) atoms. The number of aromatic nitrogens is 1. The van der Waals surface area contributed by atoms with Crippen LogP contribution in [0.5, 0.6) is 0 Å². The fourth-order valence-electron chi connectivity index (χ4n) is 1.78. The Bertz CT molecular complexity index is 523. The number of rotatable bonds is 7. The molecule has 0 aliphatic rings. The summed E-state index contributed by atoms with van der Waals surface area (Å²) in [6.07, 6.45) is 3.39. The molecule has 1 aromatic rings. The molecule has 0 saturated heterocycles. The fourth-order valence-corrected chi connectivity index (χ4v) is 2.05. The van der Waals surface area contributed by atoms with Crippen molar-refractivity contribution < 1.29 is 14.7 Å². The van der Waals surface area contributed by atoms with E-state index in [9.17, 15) is 9.59 Å². The number of carbonyl (C=O) groups is 2. The van der Waals surface area contributed by atoms with Crippen LogP contribution in [-0.2, 0) is 4.79 Å². The summed E-state index contributed by atoms with van der Waals surface area (Å²) in [6.45, 7) is 3.54. The van der Waals surface area contributed by atoms with Crippen molar-refractivity contribution in [1.82, 2.24) is 10.3 Å². The molecule has 0 radical (unpaired) electrons. The summed E-state index contributed by atoms with van der Waals surface area (Å²) in [5, 5.41) is 12.0. The van der Waals surface area contributed by atoms with Gasteiger partial charge in [0.15, 0.2) is 0 Å². The van der Waals surface area contributed by atoms with Crippen LogP contribution in [0.3, 0.4) is 0 Å². The van der Waals surface area contributed by atoms with Gasteiger partial charge in [0.1, 0.15) is 5.15 Å². The van der Waals surface area contributed by atoms with Gasteiger partial charge < -0.3 is 10.4 Å². The number of hydrogen-bond acceptors (Lipinski definition) is 3. The number of carboxylic acids is 1. The molecule has 2 N–H and O–H groups in total. The lowest BCUT2D eigenvalue weighted by atomic mass is 10.0. The Morgan fingerprint density at radius 2 is 2.00 bits per heavy atom. The van der Waals surface area contributed by atoms with Gasteiger partial charge in [-0.2, -0.15) is 0 Å². The van der Waals surface area contributed by atoms with Crippen molar-refractivity contribution in [3.63, 3.8) is 0 Å². The second kappa shape index (κ2) is 8.20. The zero-order valence-corrected chi connectivity index (χ0v) is 13.4. The zero-order valence-electron chi connectivity index (χ0n) is 11.9. The minimum Gasteiger partial charge on any atom is -0.481 e. The number of carbonyl (C=O) groups excluding carboxylic acids is 1. The third-order valence-corrected chi connectivity index (χ3v) is 3.82. The normalized spacial score (nSPS) is 13.5. The summed E-state index contributed by atoms with van der Waals surface area (Å²) in [5.41, 5.74) is 0.343. The molecule has 116 valence electrons. The zero-order chi connectivity index (χ0) is 16.0. The van der Waals surface area contributed by atoms with E-state index in [4.69, 9.17) is 28.3 Å². The predicted molar refractivity (Wildman–Crippen MR) is 81.8 cm³/mol. The van der Waals surface area contributed by atoms with Gasteiger partial charge in [-0.1, -0.05) is 36.5 Å². The average molecular weight is 333 g/mol. The number of hydrogen-bond donors (Lipinski definition) is 2. The summed E-state index contributed by atoms with van der Waals surface area (Å²) >= 11 is 11.5. The molecule has 5 nitrogen and oxygen atoms in total. The lowest BCUT2D eigenvalue weighted by molar-refractivity contribution is -0.141. The Morgan fingerprint density at radius 3 is 2.57 bits per heavy atom. The van der Waals surface area contributed by atoms with E-state index in [1.807, 2.05) is 6.92 Å². The van der Waals surface area contributed by atoms with Crippen molar-refractivity contribution >= 4 is 35.1 Å². The van der Waals surface area contributed by atoms with Crippen LogP contribution in [-0.4, -0.2) is 28.0 Å². The summed E-state index contributed by atoms with van der Waals surface area (Å²) < 4.78 is 0. The first-order valence-electron chi connectivity index (χ1n) is 6.66. The van der Waals surface area contributed by atoms with E-state index >= 15 is 0 Å². The van der Waals surface area contributed by atoms with E-state index in [-0.39, 0.29) is 28.0 Å². The smallest absolute Gasteiger partial charge is 0.306 e. The highest BCUT2D eigenvalue weighted by Crippen LogP contribution is 2.19. The van der Waals surface area contributed by atoms with Crippen LogP contribution in [0.25, 0.3) is 0 Å². The van der Waals surface area contributed by atoms with Crippen LogP contribution >= 0.6 is 23.2 Å². The highest BCUT2D eigenvalue weighted by atomic mass is 35.5. The summed E-state index contributed by atoms with van der Waals surface area (Å²) in [7, 11) is 0. The van der Waals surface area contributed by atoms with Gasteiger partial charge in [-0.3, -0.25) is 9.59 Å². The summed E-state index contributed by atoms with van der Waals surface area (Å²) in [4.78, 5) is 26.5. The van der Waals surface area contributed by atoms with Crippen molar-refractivity contribution in [1.29, 1.82) is 0 Å². The van der Waals surface area contributed by atoms with Gasteiger partial charge in [0.05, 0.1) is 16.5 Å². The van der Waals surface area contributed by atoms with Gasteiger partial charge in [-0.15, -0.1) is 0 Å². The lowest BCUT2D eigenvalue weighted by Gasteiger charge is -2.14. The molecule has 1 amide bonds. The molecule has 0 aliphatic heterocycles. The second-order valence-electron chi connectivity index (χ2n) is 5.04. The standard InChI is InChI=1S/C14H18Cl2N2O3/c1-8(14(20)21)4-3-5-9(2)18-13(19)10-6-11(15)12(16)17-7-10/h6-9H,3-5H2,1-2H3,(H,18,19)(H,20,21). The number of carboxylic acid groups (broad SMARTS) is 1. The molecule has 0 aromatic carbocycles. The molecule has 7 heteroatoms. The monoisotopic (exact) mass is 332 g/mol. The van der Waals surface area contributed by atoms with Crippen molar-refractivity contribution in [2.45, 2.75) is 39.2 Å². The van der Waals surface area contributed by atoms with E-state index in [2.05, 4.69) is 10.3 Å². The predicted octanol–water partition coefficient (Wildman–Crippen LogP) is 3.40. The Balaban J connectivity index is 2.43. The van der Waals surface area contributed by atoms with Gasteiger partial charge in [0.2, 0.25) is 0 Å². The van der Waals surface area contributed by atoms with Crippen molar-refractivity contribution in [3.8, 4) is 0 Å². The Kier molecular flexibility index (Phi) is 6.92. The fraction of sp³-hybridized carbons (Fsp3) is 0.500. The molecule has 2 atom stereocenters. The van der Waals surface area contributed by atoms with E-state index in [1.165, 1.54) is 12.3 Å². The van der Waals surface area contributed by atoms with Crippen LogP contribution in [0, 0.1) is 5.92 Å². The number of nitrogens with zero attached hydrogens (tertiary/aromatic N) is 1. The molecule has 0 aliphatic carbocycles. The first kappa shape index (κ1) is 17.7. The van der Waals surface area contributed by atoms with Crippen molar-refractivity contribution in [2.75, 3.05) is 0 Å².